The number of anilines is 1. The Labute approximate surface area is 134 Å². The standard InChI is InChI=1S/C17H16ClNOS/c1-11-3-6-13(7-4-11)17-19(16(20)10-21-17)14-8-5-12(2)15(18)9-14/h3-9,17H,10H2,1-2H3/t17-/m0/s1. The van der Waals surface area contributed by atoms with Crippen molar-refractivity contribution in [3.05, 3.63) is 64.2 Å². The van der Waals surface area contributed by atoms with Gasteiger partial charge in [0.05, 0.1) is 5.75 Å². The predicted molar refractivity (Wildman–Crippen MR) is 90.1 cm³/mol. The lowest BCUT2D eigenvalue weighted by atomic mass is 10.1. The summed E-state index contributed by atoms with van der Waals surface area (Å²) in [4.78, 5) is 14.1. The van der Waals surface area contributed by atoms with Crippen LogP contribution in [0.15, 0.2) is 42.5 Å². The Morgan fingerprint density at radius 3 is 2.52 bits per heavy atom. The number of amides is 1. The van der Waals surface area contributed by atoms with Gasteiger partial charge in [-0.1, -0.05) is 47.5 Å². The van der Waals surface area contributed by atoms with Crippen molar-refractivity contribution in [3.8, 4) is 0 Å². The number of hydrogen-bond acceptors (Lipinski definition) is 2. The van der Waals surface area contributed by atoms with Gasteiger partial charge >= 0.3 is 0 Å². The lowest BCUT2D eigenvalue weighted by molar-refractivity contribution is -0.115. The number of benzene rings is 2. The number of rotatable bonds is 2. The van der Waals surface area contributed by atoms with Crippen molar-refractivity contribution in [3.63, 3.8) is 0 Å². The van der Waals surface area contributed by atoms with E-state index in [4.69, 9.17) is 11.6 Å². The molecule has 0 N–H and O–H groups in total. The molecule has 0 unspecified atom stereocenters. The van der Waals surface area contributed by atoms with Gasteiger partial charge in [0.2, 0.25) is 5.91 Å². The SMILES string of the molecule is Cc1ccc([C@@H]2SCC(=O)N2c2ccc(C)c(Cl)c2)cc1. The molecule has 1 atom stereocenters. The molecule has 2 aromatic carbocycles. The molecule has 1 heterocycles. The molecule has 1 aliphatic rings. The minimum atomic E-state index is 0.0249. The third kappa shape index (κ3) is 2.81. The zero-order chi connectivity index (χ0) is 15.0. The van der Waals surface area contributed by atoms with E-state index in [9.17, 15) is 4.79 Å². The van der Waals surface area contributed by atoms with E-state index in [1.807, 2.05) is 30.0 Å². The van der Waals surface area contributed by atoms with E-state index in [-0.39, 0.29) is 11.3 Å². The Hall–Kier alpha value is -1.45. The second-order valence-corrected chi connectivity index (χ2v) is 6.75. The first-order chi connectivity index (χ1) is 10.1. The van der Waals surface area contributed by atoms with Crippen LogP contribution in [0.5, 0.6) is 0 Å². The van der Waals surface area contributed by atoms with E-state index in [1.165, 1.54) is 5.56 Å². The van der Waals surface area contributed by atoms with Crippen molar-refractivity contribution in [1.29, 1.82) is 0 Å². The molecular weight excluding hydrogens is 302 g/mol. The maximum atomic E-state index is 12.3. The monoisotopic (exact) mass is 317 g/mol. The van der Waals surface area contributed by atoms with Crippen LogP contribution in [-0.2, 0) is 4.79 Å². The molecule has 2 nitrogen and oxygen atoms in total. The lowest BCUT2D eigenvalue weighted by Crippen LogP contribution is -2.27. The van der Waals surface area contributed by atoms with Crippen molar-refractivity contribution in [2.45, 2.75) is 19.2 Å². The van der Waals surface area contributed by atoms with E-state index in [2.05, 4.69) is 31.2 Å². The molecule has 0 aromatic heterocycles. The number of nitrogens with zero attached hydrogens (tertiary/aromatic N) is 1. The predicted octanol–water partition coefficient (Wildman–Crippen LogP) is 4.74. The van der Waals surface area contributed by atoms with Gasteiger partial charge < -0.3 is 0 Å². The van der Waals surface area contributed by atoms with Crippen LogP contribution in [0.4, 0.5) is 5.69 Å². The van der Waals surface area contributed by atoms with Crippen LogP contribution in [-0.4, -0.2) is 11.7 Å². The summed E-state index contributed by atoms with van der Waals surface area (Å²) in [5, 5.41) is 0.719. The summed E-state index contributed by atoms with van der Waals surface area (Å²) in [6, 6.07) is 14.1. The first-order valence-corrected chi connectivity index (χ1v) is 8.25. The molecule has 1 amide bonds. The largest absolute Gasteiger partial charge is 0.295 e. The fourth-order valence-corrected chi connectivity index (χ4v) is 3.76. The molecule has 4 heteroatoms. The molecule has 3 rings (SSSR count). The fraction of sp³-hybridized carbons (Fsp3) is 0.235. The normalized spacial score (nSPS) is 18.3. The van der Waals surface area contributed by atoms with Gasteiger partial charge in [-0.3, -0.25) is 9.69 Å². The van der Waals surface area contributed by atoms with Crippen LogP contribution in [0, 0.1) is 13.8 Å². The zero-order valence-electron chi connectivity index (χ0n) is 12.0. The Bertz CT molecular complexity index is 684. The summed E-state index contributed by atoms with van der Waals surface area (Å²) in [7, 11) is 0. The fourth-order valence-electron chi connectivity index (χ4n) is 2.41. The molecule has 0 bridgehead atoms. The van der Waals surface area contributed by atoms with E-state index >= 15 is 0 Å². The molecule has 0 radical (unpaired) electrons. The number of thioether (sulfide) groups is 1. The Morgan fingerprint density at radius 1 is 1.14 bits per heavy atom. The maximum Gasteiger partial charge on any atom is 0.238 e. The molecule has 2 aromatic rings. The van der Waals surface area contributed by atoms with Gasteiger partial charge in [-0.15, -0.1) is 11.8 Å². The summed E-state index contributed by atoms with van der Waals surface area (Å²) < 4.78 is 0. The van der Waals surface area contributed by atoms with Crippen LogP contribution in [0.1, 0.15) is 22.1 Å². The minimum absolute atomic E-state index is 0.0249. The van der Waals surface area contributed by atoms with Crippen LogP contribution >= 0.6 is 23.4 Å². The van der Waals surface area contributed by atoms with E-state index < -0.39 is 0 Å². The van der Waals surface area contributed by atoms with E-state index in [1.54, 1.807) is 11.8 Å². The number of hydrogen-bond donors (Lipinski definition) is 0. The summed E-state index contributed by atoms with van der Waals surface area (Å²) in [6.45, 7) is 4.03. The van der Waals surface area contributed by atoms with E-state index in [0.717, 1.165) is 16.8 Å². The summed E-state index contributed by atoms with van der Waals surface area (Å²) in [5.41, 5.74) is 4.25. The first kappa shape index (κ1) is 14.5. The molecule has 1 aliphatic heterocycles. The minimum Gasteiger partial charge on any atom is -0.295 e. The van der Waals surface area contributed by atoms with Gasteiger partial charge in [0, 0.05) is 10.7 Å². The van der Waals surface area contributed by atoms with Gasteiger partial charge in [-0.2, -0.15) is 0 Å². The maximum absolute atomic E-state index is 12.3. The average Bonchev–Trinajstić information content (AvgIpc) is 2.85. The van der Waals surface area contributed by atoms with Crippen molar-refractivity contribution in [2.24, 2.45) is 0 Å². The van der Waals surface area contributed by atoms with Gasteiger partial charge in [0.1, 0.15) is 5.37 Å². The molecule has 0 spiro atoms. The highest BCUT2D eigenvalue weighted by atomic mass is 35.5. The highest BCUT2D eigenvalue weighted by molar-refractivity contribution is 8.00. The quantitative estimate of drug-likeness (QED) is 0.797. The zero-order valence-corrected chi connectivity index (χ0v) is 13.5. The van der Waals surface area contributed by atoms with E-state index in [0.29, 0.717) is 10.8 Å². The molecule has 0 aliphatic carbocycles. The first-order valence-electron chi connectivity index (χ1n) is 6.82. The lowest BCUT2D eigenvalue weighted by Gasteiger charge is -2.25. The molecule has 108 valence electrons. The van der Waals surface area contributed by atoms with Crippen molar-refractivity contribution >= 4 is 35.0 Å². The Balaban J connectivity index is 1.99. The number of halogens is 1. The molecule has 21 heavy (non-hydrogen) atoms. The second kappa shape index (κ2) is 5.74. The summed E-state index contributed by atoms with van der Waals surface area (Å²) in [5.74, 6) is 0.634. The Morgan fingerprint density at radius 2 is 1.86 bits per heavy atom. The van der Waals surface area contributed by atoms with Crippen LogP contribution in [0.3, 0.4) is 0 Å². The van der Waals surface area contributed by atoms with Crippen LogP contribution < -0.4 is 4.90 Å². The second-order valence-electron chi connectivity index (χ2n) is 5.27. The number of carbonyl (C=O) groups is 1. The van der Waals surface area contributed by atoms with Crippen LogP contribution in [0.2, 0.25) is 5.02 Å². The number of aryl methyl sites for hydroxylation is 2. The average molecular weight is 318 g/mol. The van der Waals surface area contributed by atoms with Crippen molar-refractivity contribution < 1.29 is 4.79 Å². The smallest absolute Gasteiger partial charge is 0.238 e. The van der Waals surface area contributed by atoms with Crippen LogP contribution in [0.25, 0.3) is 0 Å². The van der Waals surface area contributed by atoms with Gasteiger partial charge in [-0.05, 0) is 37.1 Å². The topological polar surface area (TPSA) is 20.3 Å². The highest BCUT2D eigenvalue weighted by Crippen LogP contribution is 2.42. The van der Waals surface area contributed by atoms with Gasteiger partial charge in [0.25, 0.3) is 0 Å². The van der Waals surface area contributed by atoms with Gasteiger partial charge in [-0.25, -0.2) is 0 Å². The van der Waals surface area contributed by atoms with Gasteiger partial charge in [0.15, 0.2) is 0 Å². The summed E-state index contributed by atoms with van der Waals surface area (Å²) >= 11 is 7.87. The molecule has 1 saturated heterocycles. The Kier molecular flexibility index (Phi) is 3.96. The summed E-state index contributed by atoms with van der Waals surface area (Å²) in [6.07, 6.45) is 0. The highest BCUT2D eigenvalue weighted by Gasteiger charge is 2.34. The number of carbonyl (C=O) groups excluding carboxylic acids is 1. The van der Waals surface area contributed by atoms with Crippen molar-refractivity contribution in [2.75, 3.05) is 10.7 Å². The molecular formula is C17H16ClNOS. The molecule has 0 saturated carbocycles. The van der Waals surface area contributed by atoms with Crippen molar-refractivity contribution in [1.82, 2.24) is 0 Å². The third-order valence-electron chi connectivity index (χ3n) is 3.66. The third-order valence-corrected chi connectivity index (χ3v) is 5.28. The molecule has 1 fully saturated rings.